The standard InChI is InChI=1S/C13H25NOS/c1-2-7-14-13(11-5-6-11)10-16-9-12-4-3-8-15-12/h11-14H,2-10H2,1H3. The Morgan fingerprint density at radius 1 is 1.38 bits per heavy atom. The molecule has 0 aromatic carbocycles. The molecule has 0 bridgehead atoms. The van der Waals surface area contributed by atoms with Crippen LogP contribution in [0.15, 0.2) is 0 Å². The van der Waals surface area contributed by atoms with Crippen molar-refractivity contribution in [3.63, 3.8) is 0 Å². The third kappa shape index (κ3) is 4.27. The largest absolute Gasteiger partial charge is 0.377 e. The van der Waals surface area contributed by atoms with Crippen LogP contribution in [0.1, 0.15) is 39.0 Å². The molecule has 1 saturated carbocycles. The zero-order valence-corrected chi connectivity index (χ0v) is 11.2. The van der Waals surface area contributed by atoms with Crippen LogP contribution in [0.25, 0.3) is 0 Å². The molecule has 2 nitrogen and oxygen atoms in total. The number of ether oxygens (including phenoxy) is 1. The van der Waals surface area contributed by atoms with E-state index in [1.165, 1.54) is 50.2 Å². The van der Waals surface area contributed by atoms with Crippen molar-refractivity contribution in [2.45, 2.75) is 51.2 Å². The van der Waals surface area contributed by atoms with E-state index < -0.39 is 0 Å². The Bertz CT molecular complexity index is 190. The van der Waals surface area contributed by atoms with Crippen molar-refractivity contribution < 1.29 is 4.74 Å². The number of hydrogen-bond donors (Lipinski definition) is 1. The van der Waals surface area contributed by atoms with E-state index in [1.807, 2.05) is 0 Å². The molecule has 2 aliphatic rings. The van der Waals surface area contributed by atoms with Gasteiger partial charge in [-0.25, -0.2) is 0 Å². The summed E-state index contributed by atoms with van der Waals surface area (Å²) in [5.74, 6) is 3.46. The highest BCUT2D eigenvalue weighted by atomic mass is 32.2. The van der Waals surface area contributed by atoms with Gasteiger partial charge in [0.15, 0.2) is 0 Å². The van der Waals surface area contributed by atoms with Crippen molar-refractivity contribution >= 4 is 11.8 Å². The van der Waals surface area contributed by atoms with Crippen LogP contribution in [0.5, 0.6) is 0 Å². The Labute approximate surface area is 104 Å². The topological polar surface area (TPSA) is 21.3 Å². The second kappa shape index (κ2) is 6.87. The van der Waals surface area contributed by atoms with Crippen molar-refractivity contribution in [2.75, 3.05) is 24.7 Å². The van der Waals surface area contributed by atoms with Gasteiger partial charge in [0, 0.05) is 24.2 Å². The molecule has 1 N–H and O–H groups in total. The highest BCUT2D eigenvalue weighted by molar-refractivity contribution is 7.99. The molecule has 1 heterocycles. The minimum absolute atomic E-state index is 0.552. The quantitative estimate of drug-likeness (QED) is 0.708. The maximum absolute atomic E-state index is 5.65. The van der Waals surface area contributed by atoms with Gasteiger partial charge in [-0.1, -0.05) is 6.92 Å². The minimum Gasteiger partial charge on any atom is -0.377 e. The summed E-state index contributed by atoms with van der Waals surface area (Å²) < 4.78 is 5.65. The van der Waals surface area contributed by atoms with Gasteiger partial charge in [-0.05, 0) is 44.6 Å². The van der Waals surface area contributed by atoms with E-state index in [0.29, 0.717) is 6.10 Å². The van der Waals surface area contributed by atoms with Crippen LogP contribution in [0.3, 0.4) is 0 Å². The Morgan fingerprint density at radius 3 is 2.88 bits per heavy atom. The molecule has 0 aromatic rings. The van der Waals surface area contributed by atoms with Crippen molar-refractivity contribution in [2.24, 2.45) is 5.92 Å². The molecule has 0 aromatic heterocycles. The van der Waals surface area contributed by atoms with Gasteiger partial charge < -0.3 is 10.1 Å². The highest BCUT2D eigenvalue weighted by Crippen LogP contribution is 2.34. The summed E-state index contributed by atoms with van der Waals surface area (Å²) in [4.78, 5) is 0. The fourth-order valence-electron chi connectivity index (χ4n) is 2.29. The molecule has 1 saturated heterocycles. The zero-order valence-electron chi connectivity index (χ0n) is 10.4. The molecular formula is C13H25NOS. The summed E-state index contributed by atoms with van der Waals surface area (Å²) in [5, 5.41) is 3.70. The molecule has 2 atom stereocenters. The molecular weight excluding hydrogens is 218 g/mol. The van der Waals surface area contributed by atoms with E-state index in [2.05, 4.69) is 24.0 Å². The number of nitrogens with one attached hydrogen (secondary N) is 1. The lowest BCUT2D eigenvalue weighted by Gasteiger charge is -2.18. The van der Waals surface area contributed by atoms with Crippen LogP contribution in [0.2, 0.25) is 0 Å². The first-order valence-corrected chi connectivity index (χ1v) is 7.98. The lowest BCUT2D eigenvalue weighted by molar-refractivity contribution is 0.129. The molecule has 2 unspecified atom stereocenters. The normalized spacial score (nSPS) is 27.2. The summed E-state index contributed by atoms with van der Waals surface area (Å²) in [6, 6.07) is 0.770. The van der Waals surface area contributed by atoms with Gasteiger partial charge in [-0.3, -0.25) is 0 Å². The fraction of sp³-hybridized carbons (Fsp3) is 1.00. The maximum atomic E-state index is 5.65. The fourth-order valence-corrected chi connectivity index (χ4v) is 3.60. The van der Waals surface area contributed by atoms with Gasteiger partial charge in [-0.2, -0.15) is 11.8 Å². The van der Waals surface area contributed by atoms with Crippen LogP contribution >= 0.6 is 11.8 Å². The molecule has 2 rings (SSSR count). The van der Waals surface area contributed by atoms with E-state index in [0.717, 1.165) is 18.6 Å². The van der Waals surface area contributed by atoms with Crippen LogP contribution < -0.4 is 5.32 Å². The van der Waals surface area contributed by atoms with Crippen molar-refractivity contribution in [1.29, 1.82) is 0 Å². The lowest BCUT2D eigenvalue weighted by Crippen LogP contribution is -2.34. The third-order valence-corrected chi connectivity index (χ3v) is 4.68. The van der Waals surface area contributed by atoms with Crippen LogP contribution in [-0.2, 0) is 4.74 Å². The van der Waals surface area contributed by atoms with Crippen LogP contribution in [0.4, 0.5) is 0 Å². The van der Waals surface area contributed by atoms with Gasteiger partial charge in [0.2, 0.25) is 0 Å². The average molecular weight is 243 g/mol. The molecule has 2 fully saturated rings. The van der Waals surface area contributed by atoms with Gasteiger partial charge in [0.25, 0.3) is 0 Å². The molecule has 1 aliphatic heterocycles. The minimum atomic E-state index is 0.552. The van der Waals surface area contributed by atoms with Crippen LogP contribution in [-0.4, -0.2) is 36.8 Å². The van der Waals surface area contributed by atoms with E-state index in [9.17, 15) is 0 Å². The second-order valence-electron chi connectivity index (χ2n) is 5.07. The Morgan fingerprint density at radius 2 is 2.25 bits per heavy atom. The second-order valence-corrected chi connectivity index (χ2v) is 6.15. The molecule has 0 spiro atoms. The van der Waals surface area contributed by atoms with Gasteiger partial charge in [0.05, 0.1) is 6.10 Å². The summed E-state index contributed by atoms with van der Waals surface area (Å²) >= 11 is 2.09. The number of rotatable bonds is 8. The van der Waals surface area contributed by atoms with Gasteiger partial charge in [0.1, 0.15) is 0 Å². The zero-order chi connectivity index (χ0) is 11.2. The third-order valence-electron chi connectivity index (χ3n) is 3.47. The molecule has 1 aliphatic carbocycles. The van der Waals surface area contributed by atoms with Gasteiger partial charge >= 0.3 is 0 Å². The highest BCUT2D eigenvalue weighted by Gasteiger charge is 2.30. The average Bonchev–Trinajstić information content (AvgIpc) is 3.01. The lowest BCUT2D eigenvalue weighted by atomic mass is 10.2. The first kappa shape index (κ1) is 12.7. The first-order chi connectivity index (χ1) is 7.90. The Kier molecular flexibility index (Phi) is 5.46. The van der Waals surface area contributed by atoms with Crippen molar-refractivity contribution in [1.82, 2.24) is 5.32 Å². The summed E-state index contributed by atoms with van der Waals surface area (Å²) in [7, 11) is 0. The van der Waals surface area contributed by atoms with E-state index in [1.54, 1.807) is 0 Å². The smallest absolute Gasteiger partial charge is 0.0666 e. The molecule has 16 heavy (non-hydrogen) atoms. The van der Waals surface area contributed by atoms with E-state index in [4.69, 9.17) is 4.74 Å². The molecule has 94 valence electrons. The predicted molar refractivity (Wildman–Crippen MR) is 71.1 cm³/mol. The van der Waals surface area contributed by atoms with E-state index in [-0.39, 0.29) is 0 Å². The van der Waals surface area contributed by atoms with Crippen LogP contribution in [0, 0.1) is 5.92 Å². The molecule has 3 heteroatoms. The first-order valence-electron chi connectivity index (χ1n) is 6.83. The summed E-state index contributed by atoms with van der Waals surface area (Å²) in [5.41, 5.74) is 0. The number of hydrogen-bond acceptors (Lipinski definition) is 3. The summed E-state index contributed by atoms with van der Waals surface area (Å²) in [6.45, 7) is 4.42. The monoisotopic (exact) mass is 243 g/mol. The maximum Gasteiger partial charge on any atom is 0.0666 e. The SMILES string of the molecule is CCCNC(CSCC1CCCO1)C1CC1. The van der Waals surface area contributed by atoms with Gasteiger partial charge in [-0.15, -0.1) is 0 Å². The Hall–Kier alpha value is 0.270. The number of thioether (sulfide) groups is 1. The molecule has 0 radical (unpaired) electrons. The van der Waals surface area contributed by atoms with E-state index >= 15 is 0 Å². The van der Waals surface area contributed by atoms with Crippen molar-refractivity contribution in [3.8, 4) is 0 Å². The predicted octanol–water partition coefficient (Wildman–Crippen LogP) is 2.68. The molecule has 0 amide bonds. The van der Waals surface area contributed by atoms with Crippen molar-refractivity contribution in [3.05, 3.63) is 0 Å². The Balaban J connectivity index is 1.57. The summed E-state index contributed by atoms with van der Waals surface area (Å²) in [6.07, 6.45) is 7.24.